The van der Waals surface area contributed by atoms with E-state index in [2.05, 4.69) is 5.32 Å². The van der Waals surface area contributed by atoms with Crippen molar-refractivity contribution in [3.63, 3.8) is 0 Å². The lowest BCUT2D eigenvalue weighted by Gasteiger charge is -2.19. The van der Waals surface area contributed by atoms with Gasteiger partial charge in [-0.15, -0.1) is 11.8 Å². The van der Waals surface area contributed by atoms with E-state index in [1.807, 2.05) is 0 Å². The summed E-state index contributed by atoms with van der Waals surface area (Å²) in [5.41, 5.74) is 0. The van der Waals surface area contributed by atoms with Gasteiger partial charge in [0.1, 0.15) is 5.82 Å². The summed E-state index contributed by atoms with van der Waals surface area (Å²) in [5.74, 6) is -0.961. The van der Waals surface area contributed by atoms with E-state index in [9.17, 15) is 14.0 Å². The van der Waals surface area contributed by atoms with Crippen LogP contribution >= 0.6 is 11.8 Å². The number of carbonyl (C=O) groups excluding carboxylic acids is 1. The summed E-state index contributed by atoms with van der Waals surface area (Å²) in [6.45, 7) is 2.25. The summed E-state index contributed by atoms with van der Waals surface area (Å²) in [7, 11) is 1.57. The number of urea groups is 1. The molecule has 0 bridgehead atoms. The molecule has 0 fully saturated rings. The topological polar surface area (TPSA) is 69.6 Å². The van der Waals surface area contributed by atoms with Crippen LogP contribution in [0.15, 0.2) is 29.2 Å². The van der Waals surface area contributed by atoms with Gasteiger partial charge in [-0.2, -0.15) is 0 Å². The normalized spacial score (nSPS) is 11.8. The number of amides is 2. The van der Waals surface area contributed by atoms with E-state index in [-0.39, 0.29) is 18.4 Å². The lowest BCUT2D eigenvalue weighted by molar-refractivity contribution is -0.141. The molecule has 1 rings (SSSR count). The average Bonchev–Trinajstić information content (AvgIpc) is 2.48. The molecule has 7 heteroatoms. The van der Waals surface area contributed by atoms with Crippen LogP contribution in [0.3, 0.4) is 0 Å². The van der Waals surface area contributed by atoms with Crippen molar-refractivity contribution >= 4 is 23.8 Å². The highest BCUT2D eigenvalue weighted by molar-refractivity contribution is 7.99. The SMILES string of the molecule is CC(CN(C)C(=O)NCCCSc1ccc(F)cc1)C(=O)O. The molecule has 1 unspecified atom stereocenters. The third kappa shape index (κ3) is 6.80. The Morgan fingerprint density at radius 2 is 2.00 bits per heavy atom. The number of rotatable bonds is 8. The Labute approximate surface area is 133 Å². The van der Waals surface area contributed by atoms with Crippen molar-refractivity contribution < 1.29 is 19.1 Å². The van der Waals surface area contributed by atoms with Crippen LogP contribution in [-0.2, 0) is 4.79 Å². The summed E-state index contributed by atoms with van der Waals surface area (Å²) >= 11 is 1.59. The second kappa shape index (κ2) is 9.30. The molecule has 0 saturated heterocycles. The molecule has 0 saturated carbocycles. The molecule has 0 aliphatic rings. The maximum atomic E-state index is 12.7. The van der Waals surface area contributed by atoms with Gasteiger partial charge < -0.3 is 15.3 Å². The van der Waals surface area contributed by atoms with Crippen LogP contribution in [-0.4, -0.2) is 47.9 Å². The minimum Gasteiger partial charge on any atom is -0.481 e. The van der Waals surface area contributed by atoms with Crippen molar-refractivity contribution in [1.82, 2.24) is 10.2 Å². The van der Waals surface area contributed by atoms with Crippen LogP contribution in [0.1, 0.15) is 13.3 Å². The standard InChI is InChI=1S/C15H21FN2O3S/c1-11(14(19)20)10-18(2)15(21)17-8-3-9-22-13-6-4-12(16)5-7-13/h4-7,11H,3,8-10H2,1-2H3,(H,17,21)(H,19,20). The minimum absolute atomic E-state index is 0.172. The van der Waals surface area contributed by atoms with Crippen molar-refractivity contribution in [3.8, 4) is 0 Å². The number of hydrogen-bond acceptors (Lipinski definition) is 3. The Hall–Kier alpha value is -1.76. The predicted molar refractivity (Wildman–Crippen MR) is 84.6 cm³/mol. The Bertz CT molecular complexity index is 496. The average molecular weight is 328 g/mol. The van der Waals surface area contributed by atoms with E-state index < -0.39 is 11.9 Å². The summed E-state index contributed by atoms with van der Waals surface area (Å²) in [4.78, 5) is 24.8. The molecule has 2 amide bonds. The van der Waals surface area contributed by atoms with Crippen molar-refractivity contribution in [2.75, 3.05) is 25.9 Å². The molecule has 0 aliphatic carbocycles. The highest BCUT2D eigenvalue weighted by Crippen LogP contribution is 2.18. The largest absolute Gasteiger partial charge is 0.481 e. The summed E-state index contributed by atoms with van der Waals surface area (Å²) < 4.78 is 12.7. The van der Waals surface area contributed by atoms with Gasteiger partial charge in [-0.05, 0) is 36.4 Å². The van der Waals surface area contributed by atoms with E-state index in [1.54, 1.807) is 37.9 Å². The molecular formula is C15H21FN2O3S. The van der Waals surface area contributed by atoms with Crippen molar-refractivity contribution in [3.05, 3.63) is 30.1 Å². The molecule has 22 heavy (non-hydrogen) atoms. The summed E-state index contributed by atoms with van der Waals surface area (Å²) in [5, 5.41) is 11.5. The Morgan fingerprint density at radius 1 is 1.36 bits per heavy atom. The van der Waals surface area contributed by atoms with Gasteiger partial charge in [0.2, 0.25) is 0 Å². The highest BCUT2D eigenvalue weighted by atomic mass is 32.2. The third-order valence-electron chi connectivity index (χ3n) is 3.00. The first-order chi connectivity index (χ1) is 10.4. The molecule has 0 aliphatic heterocycles. The smallest absolute Gasteiger partial charge is 0.317 e. The van der Waals surface area contributed by atoms with Gasteiger partial charge in [0.05, 0.1) is 5.92 Å². The third-order valence-corrected chi connectivity index (χ3v) is 4.09. The number of benzene rings is 1. The van der Waals surface area contributed by atoms with Gasteiger partial charge >= 0.3 is 12.0 Å². The molecule has 5 nitrogen and oxygen atoms in total. The van der Waals surface area contributed by atoms with Crippen LogP contribution in [0.25, 0.3) is 0 Å². The number of nitrogens with one attached hydrogen (secondary N) is 1. The molecule has 122 valence electrons. The number of carbonyl (C=O) groups is 2. The van der Waals surface area contributed by atoms with Gasteiger partial charge in [-0.25, -0.2) is 9.18 Å². The van der Waals surface area contributed by atoms with Crippen molar-refractivity contribution in [1.29, 1.82) is 0 Å². The summed E-state index contributed by atoms with van der Waals surface area (Å²) in [6.07, 6.45) is 0.774. The summed E-state index contributed by atoms with van der Waals surface area (Å²) in [6, 6.07) is 6.00. The minimum atomic E-state index is -0.921. The monoisotopic (exact) mass is 328 g/mol. The number of hydrogen-bond donors (Lipinski definition) is 2. The van der Waals surface area contributed by atoms with E-state index in [1.165, 1.54) is 17.0 Å². The zero-order chi connectivity index (χ0) is 16.5. The van der Waals surface area contributed by atoms with Gasteiger partial charge in [0.15, 0.2) is 0 Å². The molecule has 0 heterocycles. The highest BCUT2D eigenvalue weighted by Gasteiger charge is 2.16. The Balaban J connectivity index is 2.17. The van der Waals surface area contributed by atoms with Crippen molar-refractivity contribution in [2.45, 2.75) is 18.2 Å². The van der Waals surface area contributed by atoms with Gasteiger partial charge in [0, 0.05) is 25.0 Å². The Morgan fingerprint density at radius 3 is 2.59 bits per heavy atom. The molecule has 0 aromatic heterocycles. The number of carboxylic acid groups (broad SMARTS) is 1. The number of nitrogens with zero attached hydrogens (tertiary/aromatic N) is 1. The first-order valence-electron chi connectivity index (χ1n) is 7.00. The molecule has 1 aromatic carbocycles. The maximum absolute atomic E-state index is 12.7. The van der Waals surface area contributed by atoms with Crippen LogP contribution in [0.2, 0.25) is 0 Å². The van der Waals surface area contributed by atoms with E-state index in [0.29, 0.717) is 6.54 Å². The van der Waals surface area contributed by atoms with Crippen LogP contribution in [0.4, 0.5) is 9.18 Å². The molecule has 0 spiro atoms. The zero-order valence-electron chi connectivity index (χ0n) is 12.7. The van der Waals surface area contributed by atoms with Gasteiger partial charge in [-0.1, -0.05) is 6.92 Å². The second-order valence-electron chi connectivity index (χ2n) is 5.01. The molecule has 1 atom stereocenters. The second-order valence-corrected chi connectivity index (χ2v) is 6.18. The predicted octanol–water partition coefficient (Wildman–Crippen LogP) is 2.67. The van der Waals surface area contributed by atoms with Crippen LogP contribution in [0, 0.1) is 11.7 Å². The fourth-order valence-electron chi connectivity index (χ4n) is 1.70. The number of aliphatic carboxylic acids is 1. The number of thioether (sulfide) groups is 1. The molecule has 2 N–H and O–H groups in total. The molecule has 0 radical (unpaired) electrons. The quantitative estimate of drug-likeness (QED) is 0.568. The van der Waals surface area contributed by atoms with Crippen LogP contribution < -0.4 is 5.32 Å². The Kier molecular flexibility index (Phi) is 7.73. The van der Waals surface area contributed by atoms with E-state index >= 15 is 0 Å². The van der Waals surface area contributed by atoms with Crippen molar-refractivity contribution in [2.24, 2.45) is 5.92 Å². The molecular weight excluding hydrogens is 307 g/mol. The van der Waals surface area contributed by atoms with Crippen LogP contribution in [0.5, 0.6) is 0 Å². The molecule has 1 aromatic rings. The van der Waals surface area contributed by atoms with Gasteiger partial charge in [-0.3, -0.25) is 4.79 Å². The fourth-order valence-corrected chi connectivity index (χ4v) is 2.55. The van der Waals surface area contributed by atoms with E-state index in [4.69, 9.17) is 5.11 Å². The first-order valence-corrected chi connectivity index (χ1v) is 7.99. The van der Waals surface area contributed by atoms with Gasteiger partial charge in [0.25, 0.3) is 0 Å². The van der Waals surface area contributed by atoms with E-state index in [0.717, 1.165) is 17.1 Å². The first kappa shape index (κ1) is 18.3. The lowest BCUT2D eigenvalue weighted by atomic mass is 10.2. The number of carboxylic acids is 1. The number of halogens is 1. The lowest BCUT2D eigenvalue weighted by Crippen LogP contribution is -2.41. The maximum Gasteiger partial charge on any atom is 0.317 e. The fraction of sp³-hybridized carbons (Fsp3) is 0.467. The zero-order valence-corrected chi connectivity index (χ0v) is 13.5.